The second kappa shape index (κ2) is 10.2. The number of halogens is 2. The van der Waals surface area contributed by atoms with Gasteiger partial charge in [-0.15, -0.1) is 6.58 Å². The third-order valence-electron chi connectivity index (χ3n) is 4.51. The fraction of sp³-hybridized carbons (Fsp3) is 0.348. The standard InChI is InChI=1S/C23H27F2NO3/c1-5-7-8-29-20-12-17(24)10-14(3)22(20)16-9-15(4)23(25)18(11-16)19(26)13-21(27)28-6-2/h5,9-12,19H,1,6-8,13,26H2,2-4H3/t19-/m0/s1. The molecule has 0 fully saturated rings. The Morgan fingerprint density at radius 2 is 1.93 bits per heavy atom. The first-order valence-corrected chi connectivity index (χ1v) is 9.53. The Balaban J connectivity index is 2.51. The van der Waals surface area contributed by atoms with Crippen LogP contribution in [0.3, 0.4) is 0 Å². The molecule has 156 valence electrons. The molecule has 2 aromatic carbocycles. The molecule has 0 aliphatic carbocycles. The molecule has 0 saturated carbocycles. The van der Waals surface area contributed by atoms with Crippen molar-refractivity contribution in [3.05, 3.63) is 65.2 Å². The maximum absolute atomic E-state index is 14.8. The van der Waals surface area contributed by atoms with E-state index in [9.17, 15) is 13.6 Å². The summed E-state index contributed by atoms with van der Waals surface area (Å²) in [5.74, 6) is -1.02. The van der Waals surface area contributed by atoms with Crippen LogP contribution in [0.4, 0.5) is 8.78 Å². The molecular formula is C23H27F2NO3. The second-order valence-corrected chi connectivity index (χ2v) is 6.83. The Kier molecular flexibility index (Phi) is 7.91. The SMILES string of the molecule is C=CCCOc1cc(F)cc(C)c1-c1cc(C)c(F)c([C@@H](N)CC(=O)OCC)c1. The van der Waals surface area contributed by atoms with Crippen molar-refractivity contribution in [1.29, 1.82) is 0 Å². The van der Waals surface area contributed by atoms with Crippen molar-refractivity contribution in [2.45, 2.75) is 39.7 Å². The zero-order chi connectivity index (χ0) is 21.6. The van der Waals surface area contributed by atoms with E-state index in [2.05, 4.69) is 6.58 Å². The summed E-state index contributed by atoms with van der Waals surface area (Å²) in [5.41, 5.74) is 8.62. The number of nitrogens with two attached hydrogens (primary N) is 1. The van der Waals surface area contributed by atoms with Crippen LogP contribution < -0.4 is 10.5 Å². The van der Waals surface area contributed by atoms with Gasteiger partial charge in [-0.3, -0.25) is 4.79 Å². The highest BCUT2D eigenvalue weighted by atomic mass is 19.1. The molecule has 0 aliphatic rings. The minimum absolute atomic E-state index is 0.140. The molecule has 0 amide bonds. The Morgan fingerprint density at radius 3 is 2.59 bits per heavy atom. The van der Waals surface area contributed by atoms with Gasteiger partial charge in [0.15, 0.2) is 0 Å². The number of hydrogen-bond donors (Lipinski definition) is 1. The van der Waals surface area contributed by atoms with Crippen LogP contribution in [0.5, 0.6) is 5.75 Å². The predicted molar refractivity (Wildman–Crippen MR) is 110 cm³/mol. The van der Waals surface area contributed by atoms with E-state index >= 15 is 0 Å². The average Bonchev–Trinajstić information content (AvgIpc) is 2.64. The summed E-state index contributed by atoms with van der Waals surface area (Å²) in [6, 6.07) is 5.09. The number of esters is 1. The second-order valence-electron chi connectivity index (χ2n) is 6.83. The fourth-order valence-corrected chi connectivity index (χ4v) is 3.17. The summed E-state index contributed by atoms with van der Waals surface area (Å²) in [5, 5.41) is 0. The maximum atomic E-state index is 14.8. The molecule has 0 aromatic heterocycles. The molecule has 2 N–H and O–H groups in total. The van der Waals surface area contributed by atoms with Crippen LogP contribution in [0.1, 0.15) is 42.5 Å². The van der Waals surface area contributed by atoms with E-state index < -0.39 is 23.6 Å². The van der Waals surface area contributed by atoms with Gasteiger partial charge < -0.3 is 15.2 Å². The lowest BCUT2D eigenvalue weighted by atomic mass is 9.92. The monoisotopic (exact) mass is 403 g/mol. The van der Waals surface area contributed by atoms with E-state index in [4.69, 9.17) is 15.2 Å². The van der Waals surface area contributed by atoms with Crippen LogP contribution in [0.15, 0.2) is 36.9 Å². The van der Waals surface area contributed by atoms with Crippen LogP contribution in [0.2, 0.25) is 0 Å². The van der Waals surface area contributed by atoms with Gasteiger partial charge in [0, 0.05) is 23.2 Å². The van der Waals surface area contributed by atoms with Crippen molar-refractivity contribution in [2.75, 3.05) is 13.2 Å². The number of ether oxygens (including phenoxy) is 2. The molecule has 4 nitrogen and oxygen atoms in total. The molecule has 0 unspecified atom stereocenters. The number of aryl methyl sites for hydroxylation is 2. The summed E-state index contributed by atoms with van der Waals surface area (Å²) >= 11 is 0. The first-order valence-electron chi connectivity index (χ1n) is 9.53. The van der Waals surface area contributed by atoms with Crippen molar-refractivity contribution >= 4 is 5.97 Å². The minimum atomic E-state index is -0.862. The number of hydrogen-bond acceptors (Lipinski definition) is 4. The zero-order valence-corrected chi connectivity index (χ0v) is 17.1. The molecule has 6 heteroatoms. The highest BCUT2D eigenvalue weighted by molar-refractivity contribution is 5.76. The molecule has 0 radical (unpaired) electrons. The highest BCUT2D eigenvalue weighted by Gasteiger charge is 2.21. The molecule has 0 heterocycles. The van der Waals surface area contributed by atoms with Crippen molar-refractivity contribution in [3.63, 3.8) is 0 Å². The van der Waals surface area contributed by atoms with Crippen molar-refractivity contribution < 1.29 is 23.0 Å². The highest BCUT2D eigenvalue weighted by Crippen LogP contribution is 2.37. The number of carbonyl (C=O) groups is 1. The third kappa shape index (κ3) is 5.64. The number of carbonyl (C=O) groups excluding carboxylic acids is 1. The van der Waals surface area contributed by atoms with E-state index in [0.717, 1.165) is 0 Å². The van der Waals surface area contributed by atoms with Gasteiger partial charge in [-0.25, -0.2) is 8.78 Å². The predicted octanol–water partition coefficient (Wildman–Crippen LogP) is 5.16. The van der Waals surface area contributed by atoms with Crippen molar-refractivity contribution in [1.82, 2.24) is 0 Å². The molecule has 0 saturated heterocycles. The maximum Gasteiger partial charge on any atom is 0.307 e. The zero-order valence-electron chi connectivity index (χ0n) is 17.1. The van der Waals surface area contributed by atoms with Crippen molar-refractivity contribution in [3.8, 4) is 16.9 Å². The van der Waals surface area contributed by atoms with Gasteiger partial charge in [0.05, 0.1) is 19.6 Å². The van der Waals surface area contributed by atoms with E-state index in [1.165, 1.54) is 12.1 Å². The van der Waals surface area contributed by atoms with Crippen LogP contribution in [-0.4, -0.2) is 19.2 Å². The van der Waals surface area contributed by atoms with E-state index in [1.807, 2.05) is 0 Å². The van der Waals surface area contributed by atoms with Gasteiger partial charge in [-0.2, -0.15) is 0 Å². The lowest BCUT2D eigenvalue weighted by Crippen LogP contribution is -2.19. The normalized spacial score (nSPS) is 11.8. The van der Waals surface area contributed by atoms with Gasteiger partial charge in [0.2, 0.25) is 0 Å². The van der Waals surface area contributed by atoms with Gasteiger partial charge in [-0.1, -0.05) is 6.08 Å². The smallest absolute Gasteiger partial charge is 0.307 e. The van der Waals surface area contributed by atoms with Gasteiger partial charge in [0.25, 0.3) is 0 Å². The first kappa shape index (κ1) is 22.6. The molecule has 0 bridgehead atoms. The Hall–Kier alpha value is -2.73. The molecular weight excluding hydrogens is 376 g/mol. The van der Waals surface area contributed by atoms with Crippen LogP contribution in [0, 0.1) is 25.5 Å². The van der Waals surface area contributed by atoms with Crippen LogP contribution in [-0.2, 0) is 9.53 Å². The Bertz CT molecular complexity index is 896. The fourth-order valence-electron chi connectivity index (χ4n) is 3.17. The molecule has 0 aliphatic heterocycles. The molecule has 0 spiro atoms. The third-order valence-corrected chi connectivity index (χ3v) is 4.51. The summed E-state index contributed by atoms with van der Waals surface area (Å²) in [6.45, 7) is 9.30. The lowest BCUT2D eigenvalue weighted by Gasteiger charge is -2.19. The minimum Gasteiger partial charge on any atom is -0.493 e. The summed E-state index contributed by atoms with van der Waals surface area (Å²) in [4.78, 5) is 11.8. The number of benzene rings is 2. The quantitative estimate of drug-likeness (QED) is 0.357. The summed E-state index contributed by atoms with van der Waals surface area (Å²) in [6.07, 6.45) is 2.17. The van der Waals surface area contributed by atoms with E-state index in [1.54, 1.807) is 39.0 Å². The summed E-state index contributed by atoms with van der Waals surface area (Å²) in [7, 11) is 0. The Morgan fingerprint density at radius 1 is 1.21 bits per heavy atom. The topological polar surface area (TPSA) is 61.5 Å². The van der Waals surface area contributed by atoms with Gasteiger partial charge >= 0.3 is 5.97 Å². The molecule has 2 aromatic rings. The van der Waals surface area contributed by atoms with Crippen molar-refractivity contribution in [2.24, 2.45) is 5.73 Å². The molecule has 29 heavy (non-hydrogen) atoms. The van der Waals surface area contributed by atoms with Crippen LogP contribution in [0.25, 0.3) is 11.1 Å². The molecule has 2 rings (SSSR count). The van der Waals surface area contributed by atoms with Crippen LogP contribution >= 0.6 is 0 Å². The first-order chi connectivity index (χ1) is 13.8. The summed E-state index contributed by atoms with van der Waals surface area (Å²) < 4.78 is 39.4. The van der Waals surface area contributed by atoms with E-state index in [0.29, 0.717) is 41.0 Å². The number of rotatable bonds is 9. The average molecular weight is 403 g/mol. The van der Waals surface area contributed by atoms with E-state index in [-0.39, 0.29) is 18.6 Å². The Labute approximate surface area is 170 Å². The van der Waals surface area contributed by atoms with Gasteiger partial charge in [-0.05, 0) is 62.1 Å². The molecule has 1 atom stereocenters. The van der Waals surface area contributed by atoms with Gasteiger partial charge in [0.1, 0.15) is 17.4 Å². The largest absolute Gasteiger partial charge is 0.493 e. The lowest BCUT2D eigenvalue weighted by molar-refractivity contribution is -0.143.